The lowest BCUT2D eigenvalue weighted by Gasteiger charge is -2.21. The van der Waals surface area contributed by atoms with E-state index in [2.05, 4.69) is 5.32 Å². The molecular weight excluding hydrogens is 303 g/mol. The molecule has 6 nitrogen and oxygen atoms in total. The molecule has 0 bridgehead atoms. The van der Waals surface area contributed by atoms with Gasteiger partial charge in [0.25, 0.3) is 11.8 Å². The van der Waals surface area contributed by atoms with Crippen LogP contribution in [-0.2, 0) is 17.6 Å². The fourth-order valence-corrected chi connectivity index (χ4v) is 2.50. The number of rotatable bonds is 7. The third-order valence-electron chi connectivity index (χ3n) is 3.63. The number of halogens is 1. The monoisotopic (exact) mass is 326 g/mol. The number of hydrogen-bond donors (Lipinski definition) is 4. The highest BCUT2D eigenvalue weighted by molar-refractivity contribution is 5.99. The third kappa shape index (κ3) is 4.49. The maximum absolute atomic E-state index is 14.0. The number of benzene rings is 1. The van der Waals surface area contributed by atoms with Crippen LogP contribution in [0, 0.1) is 5.82 Å². The van der Waals surface area contributed by atoms with E-state index < -0.39 is 24.0 Å². The first-order valence-corrected chi connectivity index (χ1v) is 7.60. The number of amides is 2. The maximum Gasteiger partial charge on any atom is 0.268 e. The zero-order valence-electron chi connectivity index (χ0n) is 13.5. The number of aliphatic hydroxyl groups is 1. The van der Waals surface area contributed by atoms with Crippen LogP contribution in [0.15, 0.2) is 12.1 Å². The summed E-state index contributed by atoms with van der Waals surface area (Å²) in [5.41, 5.74) is 2.73. The summed E-state index contributed by atoms with van der Waals surface area (Å²) in [6.45, 7) is 5.05. The molecule has 0 unspecified atom stereocenters. The number of hydroxylamine groups is 1. The lowest BCUT2D eigenvalue weighted by molar-refractivity contribution is -0.133. The van der Waals surface area contributed by atoms with Crippen LogP contribution in [0.2, 0.25) is 0 Å². The van der Waals surface area contributed by atoms with Crippen molar-refractivity contribution in [3.63, 3.8) is 0 Å². The molecular formula is C16H23FN2O4. The van der Waals surface area contributed by atoms with Gasteiger partial charge in [-0.25, -0.2) is 9.87 Å². The van der Waals surface area contributed by atoms with Crippen molar-refractivity contribution < 1.29 is 24.3 Å². The van der Waals surface area contributed by atoms with Gasteiger partial charge in [-0.1, -0.05) is 20.3 Å². The van der Waals surface area contributed by atoms with Gasteiger partial charge in [-0.2, -0.15) is 0 Å². The molecule has 0 aliphatic rings. The molecule has 2 amide bonds. The summed E-state index contributed by atoms with van der Waals surface area (Å²) in [6.07, 6.45) is 0.499. The van der Waals surface area contributed by atoms with E-state index >= 15 is 0 Å². The second-order valence-corrected chi connectivity index (χ2v) is 5.32. The van der Waals surface area contributed by atoms with Crippen LogP contribution in [0.4, 0.5) is 4.39 Å². The summed E-state index contributed by atoms with van der Waals surface area (Å²) in [5.74, 6) is -1.89. The molecule has 0 aliphatic heterocycles. The van der Waals surface area contributed by atoms with E-state index in [4.69, 9.17) is 5.21 Å². The Balaban J connectivity index is 3.17. The Morgan fingerprint density at radius 1 is 1.26 bits per heavy atom. The highest BCUT2D eigenvalue weighted by Gasteiger charge is 2.27. The predicted molar refractivity (Wildman–Crippen MR) is 82.6 cm³/mol. The topological polar surface area (TPSA) is 98.7 Å². The summed E-state index contributed by atoms with van der Waals surface area (Å²) in [4.78, 5) is 23.9. The lowest BCUT2D eigenvalue weighted by atomic mass is 9.94. The highest BCUT2D eigenvalue weighted by atomic mass is 19.1. The Hall–Kier alpha value is -1.99. The minimum atomic E-state index is -1.31. The van der Waals surface area contributed by atoms with Gasteiger partial charge in [-0.15, -0.1) is 0 Å². The molecule has 0 radical (unpaired) electrons. The van der Waals surface area contributed by atoms with Crippen LogP contribution in [0.5, 0.6) is 0 Å². The van der Waals surface area contributed by atoms with E-state index in [-0.39, 0.29) is 11.4 Å². The zero-order chi connectivity index (χ0) is 17.6. The van der Waals surface area contributed by atoms with Crippen molar-refractivity contribution in [1.82, 2.24) is 10.8 Å². The fourth-order valence-electron chi connectivity index (χ4n) is 2.50. The molecule has 0 aromatic heterocycles. The number of carbonyl (C=O) groups is 2. The van der Waals surface area contributed by atoms with Gasteiger partial charge in [0.1, 0.15) is 11.9 Å². The van der Waals surface area contributed by atoms with Crippen molar-refractivity contribution in [2.24, 2.45) is 0 Å². The largest absolute Gasteiger partial charge is 0.391 e. The van der Waals surface area contributed by atoms with Crippen LogP contribution in [0.1, 0.15) is 48.7 Å². The molecule has 23 heavy (non-hydrogen) atoms. The molecule has 1 aromatic rings. The fraction of sp³-hybridized carbons (Fsp3) is 0.500. The molecule has 7 heteroatoms. The molecule has 128 valence electrons. The minimum absolute atomic E-state index is 0.258. The van der Waals surface area contributed by atoms with Gasteiger partial charge < -0.3 is 10.4 Å². The van der Waals surface area contributed by atoms with Crippen LogP contribution < -0.4 is 10.8 Å². The standard InChI is InChI=1S/C16H23FN2O4/c1-4-6-11-10(5-2)12(7-8-13(11)17)15(21)18-14(9(3)20)16(22)19-23/h7-9,14,20,23H,4-6H2,1-3H3,(H,18,21)(H,19,22)/t9-,14-/m0/s1. The molecule has 1 aromatic carbocycles. The molecule has 0 saturated carbocycles. The van der Waals surface area contributed by atoms with E-state index in [1.807, 2.05) is 13.8 Å². The second kappa shape index (κ2) is 8.59. The van der Waals surface area contributed by atoms with Crippen LogP contribution in [-0.4, -0.2) is 34.3 Å². The van der Waals surface area contributed by atoms with E-state index in [0.717, 1.165) is 6.42 Å². The van der Waals surface area contributed by atoms with Crippen LogP contribution in [0.3, 0.4) is 0 Å². The average molecular weight is 326 g/mol. The number of carbonyl (C=O) groups excluding carboxylic acids is 2. The van der Waals surface area contributed by atoms with E-state index in [1.165, 1.54) is 24.5 Å². The van der Waals surface area contributed by atoms with E-state index in [9.17, 15) is 19.1 Å². The summed E-state index contributed by atoms with van der Waals surface area (Å²) in [6, 6.07) is 1.28. The summed E-state index contributed by atoms with van der Waals surface area (Å²) in [5, 5.41) is 20.6. The first kappa shape index (κ1) is 19.1. The van der Waals surface area contributed by atoms with Gasteiger partial charge in [-0.3, -0.25) is 14.8 Å². The summed E-state index contributed by atoms with van der Waals surface area (Å²) < 4.78 is 14.0. The third-order valence-corrected chi connectivity index (χ3v) is 3.63. The minimum Gasteiger partial charge on any atom is -0.391 e. The number of hydrogen-bond acceptors (Lipinski definition) is 4. The van der Waals surface area contributed by atoms with Gasteiger partial charge in [0.05, 0.1) is 6.10 Å². The highest BCUT2D eigenvalue weighted by Crippen LogP contribution is 2.21. The summed E-state index contributed by atoms with van der Waals surface area (Å²) in [7, 11) is 0. The van der Waals surface area contributed by atoms with E-state index in [0.29, 0.717) is 24.0 Å². The Labute approximate surface area is 134 Å². The Bertz CT molecular complexity index is 575. The molecule has 0 heterocycles. The second-order valence-electron chi connectivity index (χ2n) is 5.32. The molecule has 0 spiro atoms. The van der Waals surface area contributed by atoms with Gasteiger partial charge in [-0.05, 0) is 43.0 Å². The lowest BCUT2D eigenvalue weighted by Crippen LogP contribution is -2.51. The zero-order valence-corrected chi connectivity index (χ0v) is 13.5. The number of aliphatic hydroxyl groups excluding tert-OH is 1. The molecule has 1 rings (SSSR count). The van der Waals surface area contributed by atoms with Crippen LogP contribution >= 0.6 is 0 Å². The normalized spacial score (nSPS) is 13.3. The summed E-state index contributed by atoms with van der Waals surface area (Å²) >= 11 is 0. The number of nitrogens with one attached hydrogen (secondary N) is 2. The first-order chi connectivity index (χ1) is 10.9. The smallest absolute Gasteiger partial charge is 0.268 e. The Kier molecular flexibility index (Phi) is 7.12. The predicted octanol–water partition coefficient (Wildman–Crippen LogP) is 1.33. The Morgan fingerprint density at radius 2 is 1.91 bits per heavy atom. The Morgan fingerprint density at radius 3 is 2.39 bits per heavy atom. The van der Waals surface area contributed by atoms with Gasteiger partial charge >= 0.3 is 0 Å². The van der Waals surface area contributed by atoms with Crippen molar-refractivity contribution >= 4 is 11.8 Å². The van der Waals surface area contributed by atoms with Crippen molar-refractivity contribution in [2.75, 3.05) is 0 Å². The van der Waals surface area contributed by atoms with E-state index in [1.54, 1.807) is 0 Å². The van der Waals surface area contributed by atoms with Gasteiger partial charge in [0.2, 0.25) is 0 Å². The van der Waals surface area contributed by atoms with Gasteiger partial charge in [0, 0.05) is 5.56 Å². The van der Waals surface area contributed by atoms with Crippen LogP contribution in [0.25, 0.3) is 0 Å². The van der Waals surface area contributed by atoms with Crippen molar-refractivity contribution in [2.45, 2.75) is 52.2 Å². The van der Waals surface area contributed by atoms with Crippen molar-refractivity contribution in [3.8, 4) is 0 Å². The molecule has 2 atom stereocenters. The molecule has 0 aliphatic carbocycles. The average Bonchev–Trinajstić information content (AvgIpc) is 2.53. The quantitative estimate of drug-likeness (QED) is 0.449. The van der Waals surface area contributed by atoms with Gasteiger partial charge in [0.15, 0.2) is 0 Å². The first-order valence-electron chi connectivity index (χ1n) is 7.60. The van der Waals surface area contributed by atoms with Crippen molar-refractivity contribution in [1.29, 1.82) is 0 Å². The molecule has 0 fully saturated rings. The maximum atomic E-state index is 14.0. The SMILES string of the molecule is CCCc1c(F)ccc(C(=O)N[C@H](C(=O)NO)[C@H](C)O)c1CC. The molecule has 0 saturated heterocycles. The molecule has 4 N–H and O–H groups in total. The van der Waals surface area contributed by atoms with Crippen molar-refractivity contribution in [3.05, 3.63) is 34.6 Å².